The molecule has 0 spiro atoms. The summed E-state index contributed by atoms with van der Waals surface area (Å²) in [5, 5.41) is 30.0. The number of anilines is 3. The second-order valence-electron chi connectivity index (χ2n) is 23.6. The van der Waals surface area contributed by atoms with Crippen LogP contribution in [0.3, 0.4) is 0 Å². The first-order chi connectivity index (χ1) is 45.6. The molecule has 12 heterocycles. The van der Waals surface area contributed by atoms with Gasteiger partial charge in [-0.2, -0.15) is 28.8 Å². The Bertz CT molecular complexity index is 5030. The lowest BCUT2D eigenvalue weighted by Crippen LogP contribution is -2.20. The van der Waals surface area contributed by atoms with Crippen LogP contribution in [0.25, 0.3) is 83.8 Å². The van der Waals surface area contributed by atoms with Gasteiger partial charge >= 0.3 is 5.97 Å². The van der Waals surface area contributed by atoms with Crippen LogP contribution >= 0.6 is 34.8 Å². The minimum Gasteiger partial charge on any atom is -0.477 e. The van der Waals surface area contributed by atoms with Crippen molar-refractivity contribution in [3.05, 3.63) is 196 Å². The van der Waals surface area contributed by atoms with Gasteiger partial charge in [0.2, 0.25) is 0 Å². The van der Waals surface area contributed by atoms with E-state index in [1.165, 1.54) is 18.6 Å². The maximum absolute atomic E-state index is 12.1. The highest BCUT2D eigenvalue weighted by Crippen LogP contribution is 2.38. The van der Waals surface area contributed by atoms with Crippen molar-refractivity contribution in [2.75, 3.05) is 36.3 Å². The Kier molecular flexibility index (Phi) is 17.7. The predicted molar refractivity (Wildman–Crippen MR) is 372 cm³/mol. The minimum atomic E-state index is -1.08. The molecule has 0 unspecified atom stereocenters. The Morgan fingerprint density at radius 1 is 0.484 bits per heavy atom. The third kappa shape index (κ3) is 12.5. The lowest BCUT2D eigenvalue weighted by molar-refractivity contribution is 0.0698. The number of fused-ring (bicyclic) bond motifs is 6. The molecule has 24 nitrogen and oxygen atoms in total. The number of halogens is 3. The molecular formula is C68H65Cl3N20O4. The van der Waals surface area contributed by atoms with Gasteiger partial charge in [-0.1, -0.05) is 95.5 Å². The fraction of sp³-hybridized carbons (Fsp3) is 0.206. The highest BCUT2D eigenvalue weighted by molar-refractivity contribution is 6.32. The van der Waals surface area contributed by atoms with Gasteiger partial charge in [0, 0.05) is 141 Å². The number of primary amides is 2. The number of hydrogen-bond acceptors (Lipinski definition) is 15. The molecule has 0 radical (unpaired) electrons. The van der Waals surface area contributed by atoms with Crippen molar-refractivity contribution >= 4 is 120 Å². The van der Waals surface area contributed by atoms with Crippen molar-refractivity contribution in [3.63, 3.8) is 0 Å². The van der Waals surface area contributed by atoms with Crippen molar-refractivity contribution in [2.24, 2.45) is 11.5 Å². The fourth-order valence-corrected chi connectivity index (χ4v) is 12.0. The van der Waals surface area contributed by atoms with Crippen LogP contribution in [-0.2, 0) is 13.1 Å². The Morgan fingerprint density at radius 3 is 1.17 bits per heavy atom. The molecule has 14 rings (SSSR count). The van der Waals surface area contributed by atoms with E-state index in [4.69, 9.17) is 56.2 Å². The number of carbonyl (C=O) groups is 3. The largest absolute Gasteiger partial charge is 0.477 e. The van der Waals surface area contributed by atoms with Crippen LogP contribution in [0.4, 0.5) is 17.5 Å². The molecule has 0 bridgehead atoms. The minimum absolute atomic E-state index is 0.0416. The van der Waals surface area contributed by atoms with Gasteiger partial charge in [-0.05, 0) is 70.9 Å². The molecule has 2 amide bonds. The van der Waals surface area contributed by atoms with Gasteiger partial charge in [-0.25, -0.2) is 34.7 Å². The number of aromatic nitrogens is 15. The van der Waals surface area contributed by atoms with E-state index in [0.717, 1.165) is 72.6 Å². The summed E-state index contributed by atoms with van der Waals surface area (Å²) in [6.45, 7) is 13.8. The quantitative estimate of drug-likeness (QED) is 0.0699. The number of amides is 2. The summed E-state index contributed by atoms with van der Waals surface area (Å²) in [7, 11) is 5.70. The number of nitrogens with two attached hydrogens (primary N) is 2. The summed E-state index contributed by atoms with van der Waals surface area (Å²) in [6, 6.07) is 32.1. The zero-order valence-electron chi connectivity index (χ0n) is 53.1. The van der Waals surface area contributed by atoms with Gasteiger partial charge in [0.05, 0.1) is 50.7 Å². The third-order valence-electron chi connectivity index (χ3n) is 16.1. The van der Waals surface area contributed by atoms with E-state index in [1.54, 1.807) is 39.2 Å². The van der Waals surface area contributed by atoms with Crippen LogP contribution in [0.2, 0.25) is 15.1 Å². The zero-order valence-corrected chi connectivity index (χ0v) is 55.4. The Balaban J connectivity index is 0.000000138. The van der Waals surface area contributed by atoms with Crippen LogP contribution < -0.4 is 26.6 Å². The molecule has 0 aliphatic rings. The fourth-order valence-electron chi connectivity index (χ4n) is 11.5. The lowest BCUT2D eigenvalue weighted by Gasteiger charge is -2.21. The molecule has 0 saturated heterocycles. The second kappa shape index (κ2) is 26.2. The van der Waals surface area contributed by atoms with Crippen LogP contribution in [0.15, 0.2) is 153 Å². The average molecular weight is 1330 g/mol. The number of rotatable bonds is 16. The molecule has 27 heteroatoms. The van der Waals surface area contributed by atoms with E-state index in [1.807, 2.05) is 123 Å². The van der Waals surface area contributed by atoms with Crippen LogP contribution in [-0.4, -0.2) is 116 Å². The second-order valence-corrected chi connectivity index (χ2v) is 24.9. The van der Waals surface area contributed by atoms with Crippen molar-refractivity contribution in [1.82, 2.24) is 72.4 Å². The first kappa shape index (κ1) is 64.2. The SMILES string of the molecule is CC(C)n1cc(-c2cc(N(C)Cc3ccccc3)n3ncc(C(=O)O)c3n2)c2cc(Cl)cnc21.CC(C)n1cc(-c2cc(N(C)Cc3ccccc3)n3ncc(C(N)=O)c3n2)c2cc(Cl)cnc21.CNc1cc(-c2cn(C(C)C)c3ncc(Cl)cc23)nc2c(C(N)=O)cnn12. The standard InChI is InChI=1S/C25H24ClN7O.C25H23ClN6O2.C18H18ClN7O/c1-15(2)32-14-20(18-9-17(26)11-28-24(18)32)21-10-22(31(3)13-16-7-5-4-6-8-16)33-25(30-21)19(12-29-33)23(27)34;1-15(2)31-14-20(18-9-17(26)11-27-23(18)31)21-10-22(30(3)13-16-7-5-4-6-8-16)32-24(29-21)19(12-28-32)25(33)34;1-9(2)25-8-13(11-4-10(19)6-22-17(11)25)14-5-15(21-3)26-18(24-14)12(7-23-26)16(20)27/h4-12,14-15H,13H2,1-3H3,(H2,27,34);4-12,14-15H,13H2,1-3H3,(H,33,34);4-9,21H,1-3H3,(H2,20,27). The van der Waals surface area contributed by atoms with Gasteiger partial charge in [0.15, 0.2) is 16.9 Å². The summed E-state index contributed by atoms with van der Waals surface area (Å²) in [5.41, 5.74) is 22.0. The Morgan fingerprint density at radius 2 is 0.821 bits per heavy atom. The third-order valence-corrected chi connectivity index (χ3v) is 16.7. The summed E-state index contributed by atoms with van der Waals surface area (Å²) in [4.78, 5) is 67.7. The monoisotopic (exact) mass is 1330 g/mol. The number of carbonyl (C=O) groups excluding carboxylic acids is 2. The number of aromatic carboxylic acids is 1. The lowest BCUT2D eigenvalue weighted by atomic mass is 10.1. The number of carboxylic acids is 1. The Hall–Kier alpha value is -11.0. The van der Waals surface area contributed by atoms with Gasteiger partial charge in [0.25, 0.3) is 11.8 Å². The first-order valence-electron chi connectivity index (χ1n) is 30.2. The maximum atomic E-state index is 12.1. The van der Waals surface area contributed by atoms with E-state index >= 15 is 0 Å². The molecule has 0 atom stereocenters. The highest BCUT2D eigenvalue weighted by Gasteiger charge is 2.26. The topological polar surface area (TPSA) is 286 Å². The zero-order chi connectivity index (χ0) is 67.3. The molecule has 482 valence electrons. The van der Waals surface area contributed by atoms with E-state index < -0.39 is 17.8 Å². The number of carboxylic acid groups (broad SMARTS) is 1. The van der Waals surface area contributed by atoms with Crippen LogP contribution in [0, 0.1) is 0 Å². The van der Waals surface area contributed by atoms with Crippen molar-refractivity contribution in [2.45, 2.75) is 72.8 Å². The number of nitrogens with zero attached hydrogens (tertiary/aromatic N) is 17. The highest BCUT2D eigenvalue weighted by atomic mass is 35.5. The van der Waals surface area contributed by atoms with Gasteiger partial charge in [-0.15, -0.1) is 0 Å². The number of nitrogens with one attached hydrogen (secondary N) is 1. The van der Waals surface area contributed by atoms with Crippen molar-refractivity contribution < 1.29 is 19.5 Å². The number of hydrogen-bond donors (Lipinski definition) is 4. The van der Waals surface area contributed by atoms with Gasteiger partial charge in [0.1, 0.15) is 51.1 Å². The number of pyridine rings is 3. The molecular weight excluding hydrogens is 1270 g/mol. The van der Waals surface area contributed by atoms with Crippen LogP contribution in [0.1, 0.15) is 102 Å². The predicted octanol–water partition coefficient (Wildman–Crippen LogP) is 13.2. The van der Waals surface area contributed by atoms with E-state index in [2.05, 4.69) is 113 Å². The van der Waals surface area contributed by atoms with Gasteiger partial charge in [-0.3, -0.25) is 9.59 Å². The van der Waals surface area contributed by atoms with Crippen molar-refractivity contribution in [1.29, 1.82) is 0 Å². The van der Waals surface area contributed by atoms with Crippen molar-refractivity contribution in [3.8, 4) is 33.8 Å². The average Bonchev–Trinajstić information content (AvgIpc) is 1.64. The maximum Gasteiger partial charge on any atom is 0.341 e. The molecule has 0 fully saturated rings. The smallest absolute Gasteiger partial charge is 0.341 e. The molecule has 14 aromatic rings. The first-order valence-corrected chi connectivity index (χ1v) is 31.4. The summed E-state index contributed by atoms with van der Waals surface area (Å²) >= 11 is 18.8. The van der Waals surface area contributed by atoms with E-state index in [-0.39, 0.29) is 40.5 Å². The van der Waals surface area contributed by atoms with Crippen LogP contribution in [0.5, 0.6) is 0 Å². The van der Waals surface area contributed by atoms with Gasteiger partial charge < -0.3 is 45.4 Å². The normalized spacial score (nSPS) is 11.6. The molecule has 0 aliphatic heterocycles. The summed E-state index contributed by atoms with van der Waals surface area (Å²) < 4.78 is 11.0. The Labute approximate surface area is 559 Å². The molecule has 12 aromatic heterocycles. The summed E-state index contributed by atoms with van der Waals surface area (Å²) in [5.74, 6) is -0.0567. The molecule has 0 saturated carbocycles. The van der Waals surface area contributed by atoms with E-state index in [0.29, 0.717) is 62.4 Å². The summed E-state index contributed by atoms with van der Waals surface area (Å²) in [6.07, 6.45) is 15.1. The molecule has 95 heavy (non-hydrogen) atoms. The number of benzene rings is 2. The molecule has 2 aromatic carbocycles. The molecule has 6 N–H and O–H groups in total. The molecule has 0 aliphatic carbocycles. The van der Waals surface area contributed by atoms with E-state index in [9.17, 15) is 19.5 Å².